The van der Waals surface area contributed by atoms with Gasteiger partial charge in [0.2, 0.25) is 0 Å². The van der Waals surface area contributed by atoms with Gasteiger partial charge in [0.05, 0.1) is 29.2 Å². The molecule has 4 rings (SSSR count). The van der Waals surface area contributed by atoms with E-state index in [9.17, 15) is 14.9 Å². The molecule has 1 aliphatic heterocycles. The van der Waals surface area contributed by atoms with Gasteiger partial charge in [0, 0.05) is 30.9 Å². The molecule has 0 N–H and O–H groups in total. The summed E-state index contributed by atoms with van der Waals surface area (Å²) in [5.41, 5.74) is 5.05. The summed E-state index contributed by atoms with van der Waals surface area (Å²) in [7, 11) is 0. The van der Waals surface area contributed by atoms with E-state index in [1.54, 1.807) is 12.1 Å². The number of hydrogen-bond acceptors (Lipinski definition) is 8. The molecule has 9 nitrogen and oxygen atoms in total. The number of non-ortho nitro benzene ring substituents is 1. The maximum Gasteiger partial charge on any atom is 0.269 e. The van der Waals surface area contributed by atoms with Gasteiger partial charge in [0.15, 0.2) is 5.78 Å². The van der Waals surface area contributed by atoms with Gasteiger partial charge in [-0.3, -0.25) is 14.9 Å². The van der Waals surface area contributed by atoms with Gasteiger partial charge in [-0.05, 0) is 37.1 Å². The molecular formula is C29H30N4O5. The highest BCUT2D eigenvalue weighted by Gasteiger charge is 2.34. The second-order valence-electron chi connectivity index (χ2n) is 9.32. The van der Waals surface area contributed by atoms with Crippen molar-refractivity contribution in [1.82, 2.24) is 0 Å². The summed E-state index contributed by atoms with van der Waals surface area (Å²) < 4.78 is 0. The first-order valence-electron chi connectivity index (χ1n) is 12.3. The van der Waals surface area contributed by atoms with Crippen LogP contribution >= 0.6 is 0 Å². The first-order chi connectivity index (χ1) is 18.4. The second kappa shape index (κ2) is 12.6. The van der Waals surface area contributed by atoms with E-state index in [1.807, 2.05) is 67.3 Å². The highest BCUT2D eigenvalue weighted by molar-refractivity contribution is 6.05. The molecule has 3 aromatic carbocycles. The van der Waals surface area contributed by atoms with Crippen LogP contribution in [0.25, 0.3) is 0 Å². The molecule has 0 saturated carbocycles. The molecule has 1 saturated heterocycles. The van der Waals surface area contributed by atoms with E-state index in [0.29, 0.717) is 26.3 Å². The number of carbonyl (C=O) groups is 1. The number of nitrogens with zero attached hydrogens (tertiary/aromatic N) is 4. The molecular weight excluding hydrogens is 484 g/mol. The first-order valence-corrected chi connectivity index (χ1v) is 12.3. The van der Waals surface area contributed by atoms with E-state index < -0.39 is 16.8 Å². The number of hydrogen-bond donors (Lipinski definition) is 0. The summed E-state index contributed by atoms with van der Waals surface area (Å²) in [5, 5.41) is 19.2. The molecule has 2 atom stereocenters. The highest BCUT2D eigenvalue weighted by atomic mass is 16.6. The molecule has 1 fully saturated rings. The molecule has 1 aliphatic rings. The van der Waals surface area contributed by atoms with Gasteiger partial charge < -0.3 is 14.6 Å². The Hall–Kier alpha value is -4.53. The largest absolute Gasteiger partial charge is 0.391 e. The van der Waals surface area contributed by atoms with Crippen molar-refractivity contribution >= 4 is 29.6 Å². The van der Waals surface area contributed by atoms with Crippen LogP contribution in [-0.4, -0.2) is 36.2 Å². The van der Waals surface area contributed by atoms with Crippen molar-refractivity contribution in [2.45, 2.75) is 27.1 Å². The highest BCUT2D eigenvalue weighted by Crippen LogP contribution is 2.25. The van der Waals surface area contributed by atoms with Crippen LogP contribution in [0.2, 0.25) is 0 Å². The number of rotatable bonds is 10. The first kappa shape index (κ1) is 26.5. The Morgan fingerprint density at radius 3 is 1.68 bits per heavy atom. The van der Waals surface area contributed by atoms with E-state index in [0.717, 1.165) is 27.9 Å². The van der Waals surface area contributed by atoms with Gasteiger partial charge in [0.1, 0.15) is 13.2 Å². The molecule has 0 radical (unpaired) electrons. The van der Waals surface area contributed by atoms with Crippen LogP contribution in [0.1, 0.15) is 22.3 Å². The van der Waals surface area contributed by atoms with Crippen LogP contribution in [0.5, 0.6) is 0 Å². The van der Waals surface area contributed by atoms with Crippen molar-refractivity contribution in [3.05, 3.63) is 105 Å². The molecule has 1 heterocycles. The standard InChI is InChI=1S/C29H30N4O5/c1-21-3-7-23(8-4-21)19-37-30-15-25-17-32(27-11-13-28(14-12-27)33(35)36)18-26(29(25)34)16-31-38-20-24-9-5-22(2)6-10-24/h3-16,25-26H,17-20H2,1-2H3/b30-15-,31-16+/t25-,26+/m1/s1. The Morgan fingerprint density at radius 1 is 0.816 bits per heavy atom. The monoisotopic (exact) mass is 514 g/mol. The minimum atomic E-state index is -0.550. The van der Waals surface area contributed by atoms with Crippen LogP contribution in [0.3, 0.4) is 0 Å². The van der Waals surface area contributed by atoms with E-state index in [2.05, 4.69) is 10.3 Å². The molecule has 38 heavy (non-hydrogen) atoms. The van der Waals surface area contributed by atoms with E-state index >= 15 is 0 Å². The molecule has 0 spiro atoms. The van der Waals surface area contributed by atoms with Gasteiger partial charge in [0.25, 0.3) is 5.69 Å². The summed E-state index contributed by atoms with van der Waals surface area (Å²) in [6, 6.07) is 22.1. The minimum absolute atomic E-state index is 0.00655. The molecule has 0 aliphatic carbocycles. The molecule has 0 bridgehead atoms. The summed E-state index contributed by atoms with van der Waals surface area (Å²) >= 11 is 0. The van der Waals surface area contributed by atoms with Gasteiger partial charge >= 0.3 is 0 Å². The molecule has 3 aromatic rings. The predicted octanol–water partition coefficient (Wildman–Crippen LogP) is 5.24. The smallest absolute Gasteiger partial charge is 0.269 e. The number of benzene rings is 3. The lowest BCUT2D eigenvalue weighted by Gasteiger charge is -2.35. The number of piperidine rings is 1. The van der Waals surface area contributed by atoms with Crippen LogP contribution in [0.15, 0.2) is 83.1 Å². The second-order valence-corrected chi connectivity index (χ2v) is 9.32. The summed E-state index contributed by atoms with van der Waals surface area (Å²) in [6.07, 6.45) is 3.03. The molecule has 9 heteroatoms. The van der Waals surface area contributed by atoms with E-state index in [-0.39, 0.29) is 11.5 Å². The van der Waals surface area contributed by atoms with Gasteiger partial charge in [-0.1, -0.05) is 70.0 Å². The fourth-order valence-corrected chi connectivity index (χ4v) is 4.07. The van der Waals surface area contributed by atoms with Crippen LogP contribution in [0.4, 0.5) is 11.4 Å². The van der Waals surface area contributed by atoms with Crippen molar-refractivity contribution in [1.29, 1.82) is 0 Å². The number of nitro benzene ring substituents is 1. The molecule has 196 valence electrons. The SMILES string of the molecule is Cc1ccc(CO/N=C\[C@@H]2CN(c3ccc([N+](=O)[O-])cc3)C[C@H](/C=N/OCc3ccc(C)cc3)C2=O)cc1. The zero-order valence-corrected chi connectivity index (χ0v) is 21.4. The Morgan fingerprint density at radius 2 is 1.26 bits per heavy atom. The number of ketones is 1. The average molecular weight is 515 g/mol. The number of oxime groups is 2. The molecule has 0 aromatic heterocycles. The average Bonchev–Trinajstić information content (AvgIpc) is 2.92. The minimum Gasteiger partial charge on any atom is -0.391 e. The van der Waals surface area contributed by atoms with Gasteiger partial charge in [-0.25, -0.2) is 0 Å². The van der Waals surface area contributed by atoms with E-state index in [4.69, 9.17) is 9.68 Å². The fourth-order valence-electron chi connectivity index (χ4n) is 4.07. The normalized spacial score (nSPS) is 17.7. The summed E-state index contributed by atoms with van der Waals surface area (Å²) in [5.74, 6) is -1.15. The van der Waals surface area contributed by atoms with Crippen molar-refractivity contribution in [3.63, 3.8) is 0 Å². The third-order valence-corrected chi connectivity index (χ3v) is 6.33. The third-order valence-electron chi connectivity index (χ3n) is 6.33. The number of aryl methyl sites for hydroxylation is 2. The maximum atomic E-state index is 13.2. The fraction of sp³-hybridized carbons (Fsp3) is 0.276. The zero-order chi connectivity index (χ0) is 26.9. The van der Waals surface area contributed by atoms with Gasteiger partial charge in [-0.15, -0.1) is 0 Å². The zero-order valence-electron chi connectivity index (χ0n) is 21.4. The Bertz CT molecular complexity index is 1220. The Labute approximate surface area is 221 Å². The van der Waals surface area contributed by atoms with Crippen molar-refractivity contribution in [3.8, 4) is 0 Å². The maximum absolute atomic E-state index is 13.2. The summed E-state index contributed by atoms with van der Waals surface area (Å²) in [4.78, 5) is 36.7. The van der Waals surface area contributed by atoms with Crippen molar-refractivity contribution in [2.24, 2.45) is 22.1 Å². The lowest BCUT2D eigenvalue weighted by molar-refractivity contribution is -0.384. The van der Waals surface area contributed by atoms with Crippen molar-refractivity contribution in [2.75, 3.05) is 18.0 Å². The van der Waals surface area contributed by atoms with E-state index in [1.165, 1.54) is 24.6 Å². The number of Topliss-reactive ketones (excluding diaryl/α,β-unsaturated/α-hetero) is 1. The van der Waals surface area contributed by atoms with Crippen LogP contribution < -0.4 is 4.90 Å². The van der Waals surface area contributed by atoms with Gasteiger partial charge in [-0.2, -0.15) is 0 Å². The Balaban J connectivity index is 1.43. The molecule has 0 unspecified atom stereocenters. The topological polar surface area (TPSA) is 107 Å². The third kappa shape index (κ3) is 7.25. The molecule has 0 amide bonds. The lowest BCUT2D eigenvalue weighted by Crippen LogP contribution is -2.48. The number of anilines is 1. The summed E-state index contributed by atoms with van der Waals surface area (Å²) in [6.45, 7) is 5.34. The number of nitro groups is 1. The quantitative estimate of drug-likeness (QED) is 0.208. The van der Waals surface area contributed by atoms with Crippen molar-refractivity contribution < 1.29 is 19.4 Å². The van der Waals surface area contributed by atoms with Crippen LogP contribution in [-0.2, 0) is 27.7 Å². The lowest BCUT2D eigenvalue weighted by atomic mass is 9.88. The number of carbonyl (C=O) groups excluding carboxylic acids is 1. The Kier molecular flexibility index (Phi) is 8.81. The predicted molar refractivity (Wildman–Crippen MR) is 146 cm³/mol. The van der Waals surface area contributed by atoms with Crippen LogP contribution in [0, 0.1) is 35.8 Å².